The lowest BCUT2D eigenvalue weighted by atomic mass is 10.0. The Morgan fingerprint density at radius 2 is 1.95 bits per heavy atom. The first-order valence-electron chi connectivity index (χ1n) is 6.26. The normalized spacial score (nSPS) is 11.9. The average molecular weight is 260 g/mol. The van der Waals surface area contributed by atoms with E-state index in [4.69, 9.17) is 4.74 Å². The minimum atomic E-state index is -0.477. The molecule has 2 aromatic rings. The Labute approximate surface area is 112 Å². The summed E-state index contributed by atoms with van der Waals surface area (Å²) in [5.41, 5.74) is 1.12. The predicted molar refractivity (Wildman–Crippen MR) is 73.8 cm³/mol. The summed E-state index contributed by atoms with van der Waals surface area (Å²) in [5.74, 6) is 0.889. The molecule has 19 heavy (non-hydrogen) atoms. The van der Waals surface area contributed by atoms with Crippen LogP contribution in [0.25, 0.3) is 0 Å². The Morgan fingerprint density at radius 3 is 2.53 bits per heavy atom. The SMILES string of the molecule is CCC(Nc1cccc(F)n1)c1ccc(OC)cc1. The van der Waals surface area contributed by atoms with Gasteiger partial charge in [0, 0.05) is 0 Å². The highest BCUT2D eigenvalue weighted by Gasteiger charge is 2.10. The first-order chi connectivity index (χ1) is 9.22. The largest absolute Gasteiger partial charge is 0.497 e. The first kappa shape index (κ1) is 13.3. The fourth-order valence-electron chi connectivity index (χ4n) is 1.92. The predicted octanol–water partition coefficient (Wildman–Crippen LogP) is 3.79. The maximum Gasteiger partial charge on any atom is 0.214 e. The van der Waals surface area contributed by atoms with Crippen LogP contribution < -0.4 is 10.1 Å². The van der Waals surface area contributed by atoms with E-state index >= 15 is 0 Å². The number of hydrogen-bond acceptors (Lipinski definition) is 3. The third-order valence-corrected chi connectivity index (χ3v) is 2.96. The second-order valence-corrected chi connectivity index (χ2v) is 4.22. The minimum Gasteiger partial charge on any atom is -0.497 e. The zero-order chi connectivity index (χ0) is 13.7. The van der Waals surface area contributed by atoms with Crippen LogP contribution in [0, 0.1) is 5.95 Å². The second kappa shape index (κ2) is 6.18. The van der Waals surface area contributed by atoms with Gasteiger partial charge in [-0.1, -0.05) is 25.1 Å². The summed E-state index contributed by atoms with van der Waals surface area (Å²) in [6.45, 7) is 2.07. The number of anilines is 1. The molecule has 0 spiro atoms. The van der Waals surface area contributed by atoms with Gasteiger partial charge in [0.15, 0.2) is 0 Å². The number of hydrogen-bond donors (Lipinski definition) is 1. The number of nitrogens with one attached hydrogen (secondary N) is 1. The monoisotopic (exact) mass is 260 g/mol. The molecule has 0 bridgehead atoms. The van der Waals surface area contributed by atoms with Gasteiger partial charge in [0.1, 0.15) is 11.6 Å². The van der Waals surface area contributed by atoms with E-state index < -0.39 is 5.95 Å². The molecule has 0 radical (unpaired) electrons. The Kier molecular flexibility index (Phi) is 4.34. The molecule has 2 rings (SSSR count). The molecule has 4 heteroatoms. The molecule has 100 valence electrons. The maximum atomic E-state index is 13.1. The minimum absolute atomic E-state index is 0.0974. The molecule has 1 aromatic carbocycles. The Bertz CT molecular complexity index is 528. The molecule has 1 unspecified atom stereocenters. The van der Waals surface area contributed by atoms with Crippen LogP contribution in [0.4, 0.5) is 10.2 Å². The van der Waals surface area contributed by atoms with Crippen molar-refractivity contribution in [3.05, 3.63) is 54.0 Å². The summed E-state index contributed by atoms with van der Waals surface area (Å²) in [7, 11) is 1.64. The molecule has 1 aromatic heterocycles. The molecule has 0 aliphatic heterocycles. The highest BCUT2D eigenvalue weighted by Crippen LogP contribution is 2.23. The average Bonchev–Trinajstić information content (AvgIpc) is 2.45. The summed E-state index contributed by atoms with van der Waals surface area (Å²) in [6.07, 6.45) is 0.879. The summed E-state index contributed by atoms with van der Waals surface area (Å²) >= 11 is 0. The topological polar surface area (TPSA) is 34.2 Å². The molecule has 0 amide bonds. The van der Waals surface area contributed by atoms with E-state index in [-0.39, 0.29) is 6.04 Å². The van der Waals surface area contributed by atoms with Crippen molar-refractivity contribution in [3.8, 4) is 5.75 Å². The summed E-state index contributed by atoms with van der Waals surface area (Å²) in [6, 6.07) is 12.7. The van der Waals surface area contributed by atoms with Gasteiger partial charge in [0.2, 0.25) is 5.95 Å². The number of methoxy groups -OCH3 is 1. The second-order valence-electron chi connectivity index (χ2n) is 4.22. The van der Waals surface area contributed by atoms with Gasteiger partial charge < -0.3 is 10.1 Å². The number of benzene rings is 1. The Hall–Kier alpha value is -2.10. The van der Waals surface area contributed by atoms with Crippen molar-refractivity contribution in [1.29, 1.82) is 0 Å². The van der Waals surface area contributed by atoms with Gasteiger partial charge in [-0.05, 0) is 36.2 Å². The van der Waals surface area contributed by atoms with Crippen molar-refractivity contribution >= 4 is 5.82 Å². The van der Waals surface area contributed by atoms with Crippen LogP contribution >= 0.6 is 0 Å². The van der Waals surface area contributed by atoms with E-state index in [9.17, 15) is 4.39 Å². The van der Waals surface area contributed by atoms with Crippen LogP contribution in [0.5, 0.6) is 5.75 Å². The lowest BCUT2D eigenvalue weighted by Gasteiger charge is -2.18. The fourth-order valence-corrected chi connectivity index (χ4v) is 1.92. The quantitative estimate of drug-likeness (QED) is 0.830. The fraction of sp³-hybridized carbons (Fsp3) is 0.267. The van der Waals surface area contributed by atoms with Gasteiger partial charge in [-0.25, -0.2) is 4.98 Å². The van der Waals surface area contributed by atoms with Crippen LogP contribution in [0.3, 0.4) is 0 Å². The number of nitrogens with zero attached hydrogens (tertiary/aromatic N) is 1. The van der Waals surface area contributed by atoms with Crippen molar-refractivity contribution in [1.82, 2.24) is 4.98 Å². The van der Waals surface area contributed by atoms with Crippen LogP contribution in [0.2, 0.25) is 0 Å². The number of rotatable bonds is 5. The van der Waals surface area contributed by atoms with E-state index in [1.165, 1.54) is 6.07 Å². The molecule has 0 aliphatic carbocycles. The summed E-state index contributed by atoms with van der Waals surface area (Å²) in [4.78, 5) is 3.82. The van der Waals surface area contributed by atoms with Crippen molar-refractivity contribution in [2.24, 2.45) is 0 Å². The van der Waals surface area contributed by atoms with Crippen LogP contribution in [-0.4, -0.2) is 12.1 Å². The molecular weight excluding hydrogens is 243 g/mol. The summed E-state index contributed by atoms with van der Waals surface area (Å²) < 4.78 is 18.2. The molecule has 0 saturated heterocycles. The molecule has 1 heterocycles. The Morgan fingerprint density at radius 1 is 1.21 bits per heavy atom. The number of halogens is 1. The van der Waals surface area contributed by atoms with E-state index in [1.54, 1.807) is 19.2 Å². The van der Waals surface area contributed by atoms with Crippen LogP contribution in [-0.2, 0) is 0 Å². The van der Waals surface area contributed by atoms with Gasteiger partial charge in [-0.2, -0.15) is 4.39 Å². The third-order valence-electron chi connectivity index (χ3n) is 2.96. The van der Waals surface area contributed by atoms with Crippen molar-refractivity contribution in [2.45, 2.75) is 19.4 Å². The zero-order valence-electron chi connectivity index (χ0n) is 11.1. The van der Waals surface area contributed by atoms with Crippen LogP contribution in [0.15, 0.2) is 42.5 Å². The van der Waals surface area contributed by atoms with Gasteiger partial charge in [-0.15, -0.1) is 0 Å². The van der Waals surface area contributed by atoms with Gasteiger partial charge in [-0.3, -0.25) is 0 Å². The molecule has 0 fully saturated rings. The molecule has 1 N–H and O–H groups in total. The smallest absolute Gasteiger partial charge is 0.214 e. The number of pyridine rings is 1. The first-order valence-corrected chi connectivity index (χ1v) is 6.26. The van der Waals surface area contributed by atoms with Crippen molar-refractivity contribution in [2.75, 3.05) is 12.4 Å². The van der Waals surface area contributed by atoms with E-state index in [0.717, 1.165) is 17.7 Å². The number of aromatic nitrogens is 1. The molecule has 0 aliphatic rings. The third kappa shape index (κ3) is 3.44. The maximum absolute atomic E-state index is 13.1. The highest BCUT2D eigenvalue weighted by molar-refractivity contribution is 5.39. The van der Waals surface area contributed by atoms with Crippen molar-refractivity contribution < 1.29 is 9.13 Å². The highest BCUT2D eigenvalue weighted by atomic mass is 19.1. The van der Waals surface area contributed by atoms with Gasteiger partial charge in [0.05, 0.1) is 13.2 Å². The van der Waals surface area contributed by atoms with E-state index in [2.05, 4.69) is 17.2 Å². The lowest BCUT2D eigenvalue weighted by Crippen LogP contribution is -2.11. The van der Waals surface area contributed by atoms with Gasteiger partial charge >= 0.3 is 0 Å². The zero-order valence-corrected chi connectivity index (χ0v) is 11.1. The molecule has 1 atom stereocenters. The number of ether oxygens (including phenoxy) is 1. The lowest BCUT2D eigenvalue weighted by molar-refractivity contribution is 0.414. The standard InChI is InChI=1S/C15H17FN2O/c1-3-13(11-7-9-12(19-2)10-8-11)17-15-6-4-5-14(16)18-15/h4-10,13H,3H2,1-2H3,(H,17,18). The Balaban J connectivity index is 2.15. The van der Waals surface area contributed by atoms with Crippen LogP contribution in [0.1, 0.15) is 24.9 Å². The van der Waals surface area contributed by atoms with Gasteiger partial charge in [0.25, 0.3) is 0 Å². The van der Waals surface area contributed by atoms with Crippen molar-refractivity contribution in [3.63, 3.8) is 0 Å². The molecule has 0 saturated carbocycles. The molecular formula is C15H17FN2O. The van der Waals surface area contributed by atoms with E-state index in [1.807, 2.05) is 24.3 Å². The summed E-state index contributed by atoms with van der Waals surface area (Å²) in [5, 5.41) is 3.23. The molecule has 3 nitrogen and oxygen atoms in total. The van der Waals surface area contributed by atoms with E-state index in [0.29, 0.717) is 5.82 Å².